The SMILES string of the molecule is CCCCC(=O)c1c(-c2ccccc2)c2cc(Br)ccc2c(=O)n1Cc1ccc(S(N)(=O)=O)cc1. The summed E-state index contributed by atoms with van der Waals surface area (Å²) >= 11 is 3.51. The Hall–Kier alpha value is -3.07. The fourth-order valence-corrected chi connectivity index (χ4v) is 5.06. The van der Waals surface area contributed by atoms with Gasteiger partial charge >= 0.3 is 0 Å². The van der Waals surface area contributed by atoms with Crippen molar-refractivity contribution in [2.45, 2.75) is 37.6 Å². The number of carbonyl (C=O) groups excluding carboxylic acids is 1. The van der Waals surface area contributed by atoms with Gasteiger partial charge in [0.1, 0.15) is 0 Å². The highest BCUT2D eigenvalue weighted by Crippen LogP contribution is 2.33. The standard InChI is InChI=1S/C27H25BrN2O4S/c1-2-3-9-24(31)26-25(19-7-5-4-6-8-19)23-16-20(28)12-15-22(23)27(32)30(26)17-18-10-13-21(14-11-18)35(29,33)34/h4-8,10-16H,2-3,9,17H2,1H3,(H2,29,33,34). The van der Waals surface area contributed by atoms with Crippen molar-refractivity contribution in [1.29, 1.82) is 0 Å². The molecule has 6 nitrogen and oxygen atoms in total. The van der Waals surface area contributed by atoms with Crippen LogP contribution in [-0.2, 0) is 16.6 Å². The summed E-state index contributed by atoms with van der Waals surface area (Å²) in [5.41, 5.74) is 2.32. The molecule has 1 heterocycles. The van der Waals surface area contributed by atoms with Crippen molar-refractivity contribution < 1.29 is 13.2 Å². The topological polar surface area (TPSA) is 99.2 Å². The molecule has 2 N–H and O–H groups in total. The number of pyridine rings is 1. The Kier molecular flexibility index (Phi) is 7.35. The van der Waals surface area contributed by atoms with Crippen LogP contribution in [0.15, 0.2) is 87.0 Å². The van der Waals surface area contributed by atoms with Crippen LogP contribution in [-0.4, -0.2) is 18.8 Å². The highest BCUT2D eigenvalue weighted by atomic mass is 79.9. The molecule has 0 aliphatic heterocycles. The lowest BCUT2D eigenvalue weighted by Gasteiger charge is -2.20. The van der Waals surface area contributed by atoms with E-state index >= 15 is 0 Å². The van der Waals surface area contributed by atoms with Gasteiger partial charge in [-0.2, -0.15) is 0 Å². The zero-order valence-corrected chi connectivity index (χ0v) is 21.6. The minimum atomic E-state index is -3.84. The van der Waals surface area contributed by atoms with Crippen molar-refractivity contribution >= 4 is 42.5 Å². The maximum absolute atomic E-state index is 13.7. The average Bonchev–Trinajstić information content (AvgIpc) is 2.84. The van der Waals surface area contributed by atoms with Crippen molar-refractivity contribution in [3.05, 3.63) is 98.9 Å². The van der Waals surface area contributed by atoms with E-state index < -0.39 is 10.0 Å². The van der Waals surface area contributed by atoms with Gasteiger partial charge in [-0.25, -0.2) is 13.6 Å². The predicted octanol–water partition coefficient (Wildman–Crippen LogP) is 5.50. The third-order valence-corrected chi connectivity index (χ3v) is 7.33. The number of benzene rings is 3. The van der Waals surface area contributed by atoms with Crippen LogP contribution < -0.4 is 10.7 Å². The van der Waals surface area contributed by atoms with E-state index in [2.05, 4.69) is 15.9 Å². The quantitative estimate of drug-likeness (QED) is 0.291. The van der Waals surface area contributed by atoms with Crippen molar-refractivity contribution in [3.8, 4) is 11.1 Å². The van der Waals surface area contributed by atoms with Crippen molar-refractivity contribution in [2.24, 2.45) is 5.14 Å². The van der Waals surface area contributed by atoms with E-state index in [0.717, 1.165) is 16.5 Å². The number of hydrogen-bond donors (Lipinski definition) is 1. The van der Waals surface area contributed by atoms with E-state index in [1.807, 2.05) is 49.4 Å². The Labute approximate surface area is 212 Å². The van der Waals surface area contributed by atoms with Crippen molar-refractivity contribution in [2.75, 3.05) is 0 Å². The molecule has 0 spiro atoms. The largest absolute Gasteiger partial charge is 0.300 e. The Morgan fingerprint density at radius 2 is 1.66 bits per heavy atom. The van der Waals surface area contributed by atoms with Crippen LogP contribution in [0, 0.1) is 0 Å². The Bertz CT molecular complexity index is 1560. The number of hydrogen-bond acceptors (Lipinski definition) is 4. The molecule has 1 aromatic heterocycles. The molecule has 0 aliphatic rings. The first-order chi connectivity index (χ1) is 16.7. The van der Waals surface area contributed by atoms with Gasteiger partial charge in [0.05, 0.1) is 17.1 Å². The lowest BCUT2D eigenvalue weighted by Crippen LogP contribution is -2.28. The number of aromatic nitrogens is 1. The summed E-state index contributed by atoms with van der Waals surface area (Å²) in [6, 6.07) is 21.1. The molecule has 0 radical (unpaired) electrons. The van der Waals surface area contributed by atoms with E-state index in [-0.39, 0.29) is 22.8 Å². The minimum absolute atomic E-state index is 0.0128. The van der Waals surface area contributed by atoms with Gasteiger partial charge in [0.25, 0.3) is 5.56 Å². The number of nitrogens with zero attached hydrogens (tertiary/aromatic N) is 1. The first-order valence-electron chi connectivity index (χ1n) is 11.3. The van der Waals surface area contributed by atoms with Gasteiger partial charge in [0.15, 0.2) is 5.78 Å². The molecule has 4 aromatic rings. The highest BCUT2D eigenvalue weighted by Gasteiger charge is 2.23. The molecule has 0 bridgehead atoms. The third kappa shape index (κ3) is 5.29. The number of unbranched alkanes of at least 4 members (excludes halogenated alkanes) is 1. The Balaban J connectivity index is 2.02. The first kappa shape index (κ1) is 25.0. The van der Waals surface area contributed by atoms with Gasteiger partial charge in [-0.15, -0.1) is 0 Å². The third-order valence-electron chi connectivity index (χ3n) is 5.91. The second kappa shape index (κ2) is 10.3. The van der Waals surface area contributed by atoms with E-state index in [0.29, 0.717) is 40.4 Å². The monoisotopic (exact) mass is 552 g/mol. The molecule has 0 aliphatic carbocycles. The molecular formula is C27H25BrN2O4S. The van der Waals surface area contributed by atoms with E-state index in [1.54, 1.807) is 18.2 Å². The second-order valence-electron chi connectivity index (χ2n) is 8.39. The second-order valence-corrected chi connectivity index (χ2v) is 10.9. The van der Waals surface area contributed by atoms with Gasteiger partial charge in [-0.05, 0) is 53.3 Å². The molecule has 35 heavy (non-hydrogen) atoms. The predicted molar refractivity (Wildman–Crippen MR) is 142 cm³/mol. The summed E-state index contributed by atoms with van der Waals surface area (Å²) in [6.45, 7) is 2.13. The zero-order chi connectivity index (χ0) is 25.2. The normalized spacial score (nSPS) is 11.6. The van der Waals surface area contributed by atoms with Gasteiger partial charge in [-0.3, -0.25) is 14.2 Å². The van der Waals surface area contributed by atoms with E-state index in [1.165, 1.54) is 16.7 Å². The van der Waals surface area contributed by atoms with Crippen molar-refractivity contribution in [1.82, 2.24) is 4.57 Å². The van der Waals surface area contributed by atoms with Crippen LogP contribution in [0.5, 0.6) is 0 Å². The van der Waals surface area contributed by atoms with Gasteiger partial charge < -0.3 is 0 Å². The molecule has 3 aromatic carbocycles. The number of Topliss-reactive ketones (excluding diaryl/α,β-unsaturated/α-hetero) is 1. The summed E-state index contributed by atoms with van der Waals surface area (Å²) in [5.74, 6) is -0.106. The zero-order valence-electron chi connectivity index (χ0n) is 19.2. The van der Waals surface area contributed by atoms with Crippen LogP contribution in [0.4, 0.5) is 0 Å². The lowest BCUT2D eigenvalue weighted by molar-refractivity contribution is 0.0971. The number of sulfonamides is 1. The fourth-order valence-electron chi connectivity index (χ4n) is 4.18. The minimum Gasteiger partial charge on any atom is -0.300 e. The number of primary sulfonamides is 1. The molecule has 0 saturated carbocycles. The average molecular weight is 553 g/mol. The summed E-state index contributed by atoms with van der Waals surface area (Å²) in [7, 11) is -3.84. The van der Waals surface area contributed by atoms with Crippen LogP contribution in [0.2, 0.25) is 0 Å². The number of halogens is 1. The summed E-state index contributed by atoms with van der Waals surface area (Å²) in [4.78, 5) is 27.3. The molecule has 180 valence electrons. The summed E-state index contributed by atoms with van der Waals surface area (Å²) in [5, 5.41) is 6.43. The van der Waals surface area contributed by atoms with Crippen molar-refractivity contribution in [3.63, 3.8) is 0 Å². The number of ketones is 1. The summed E-state index contributed by atoms with van der Waals surface area (Å²) in [6.07, 6.45) is 1.88. The van der Waals surface area contributed by atoms with Gasteiger partial charge in [-0.1, -0.05) is 71.7 Å². The number of nitrogens with two attached hydrogens (primary N) is 1. The maximum atomic E-state index is 13.7. The smallest absolute Gasteiger partial charge is 0.259 e. The summed E-state index contributed by atoms with van der Waals surface area (Å²) < 4.78 is 25.6. The molecule has 0 saturated heterocycles. The Morgan fingerprint density at radius 1 is 0.971 bits per heavy atom. The molecule has 0 unspecified atom stereocenters. The Morgan fingerprint density at radius 3 is 2.29 bits per heavy atom. The molecule has 8 heteroatoms. The van der Waals surface area contributed by atoms with Gasteiger partial charge in [0, 0.05) is 21.8 Å². The van der Waals surface area contributed by atoms with Crippen LogP contribution >= 0.6 is 15.9 Å². The highest BCUT2D eigenvalue weighted by molar-refractivity contribution is 9.10. The van der Waals surface area contributed by atoms with Crippen LogP contribution in [0.1, 0.15) is 42.2 Å². The molecule has 0 atom stereocenters. The number of rotatable bonds is 8. The molecular weight excluding hydrogens is 528 g/mol. The lowest BCUT2D eigenvalue weighted by atomic mass is 9.93. The van der Waals surface area contributed by atoms with E-state index in [4.69, 9.17) is 5.14 Å². The van der Waals surface area contributed by atoms with Gasteiger partial charge in [0.2, 0.25) is 10.0 Å². The first-order valence-corrected chi connectivity index (χ1v) is 13.6. The number of carbonyl (C=O) groups is 1. The molecule has 0 fully saturated rings. The van der Waals surface area contributed by atoms with Crippen LogP contribution in [0.25, 0.3) is 21.9 Å². The molecule has 0 amide bonds. The fraction of sp³-hybridized carbons (Fsp3) is 0.185. The number of fused-ring (bicyclic) bond motifs is 1. The van der Waals surface area contributed by atoms with E-state index in [9.17, 15) is 18.0 Å². The van der Waals surface area contributed by atoms with Crippen LogP contribution in [0.3, 0.4) is 0 Å². The molecule has 4 rings (SSSR count). The maximum Gasteiger partial charge on any atom is 0.259 e.